The average molecular weight is 353 g/mol. The van der Waals surface area contributed by atoms with E-state index in [0.29, 0.717) is 26.1 Å². The third kappa shape index (κ3) is 3.64. The van der Waals surface area contributed by atoms with Crippen molar-refractivity contribution in [3.63, 3.8) is 0 Å². The number of hydrogen-bond acceptors (Lipinski definition) is 6. The number of aromatic nitrogens is 1. The van der Waals surface area contributed by atoms with Gasteiger partial charge in [-0.25, -0.2) is 4.98 Å². The molecule has 2 atom stereocenters. The predicted molar refractivity (Wildman–Crippen MR) is 93.1 cm³/mol. The Morgan fingerprint density at radius 2 is 2.25 bits per heavy atom. The summed E-state index contributed by atoms with van der Waals surface area (Å²) in [5.74, 6) is 0.142. The first-order chi connectivity index (χ1) is 11.3. The number of ether oxygens (including phenoxy) is 1. The van der Waals surface area contributed by atoms with Gasteiger partial charge in [-0.05, 0) is 40.2 Å². The van der Waals surface area contributed by atoms with Crippen molar-refractivity contribution >= 4 is 17.2 Å². The molecule has 134 valence electrons. The lowest BCUT2D eigenvalue weighted by Crippen LogP contribution is -2.62. The van der Waals surface area contributed by atoms with E-state index in [1.807, 2.05) is 31.2 Å². The summed E-state index contributed by atoms with van der Waals surface area (Å²) in [5.41, 5.74) is -0.192. The van der Waals surface area contributed by atoms with Crippen LogP contribution in [0.4, 0.5) is 0 Å². The summed E-state index contributed by atoms with van der Waals surface area (Å²) in [5, 5.41) is 16.6. The molecule has 0 bridgehead atoms. The molecular weight excluding hydrogens is 326 g/mol. The molecule has 2 aliphatic rings. The van der Waals surface area contributed by atoms with Crippen LogP contribution in [0.2, 0.25) is 0 Å². The molecule has 3 heterocycles. The van der Waals surface area contributed by atoms with Crippen molar-refractivity contribution in [1.82, 2.24) is 15.2 Å². The van der Waals surface area contributed by atoms with E-state index in [2.05, 4.69) is 10.3 Å². The second-order valence-electron chi connectivity index (χ2n) is 7.29. The Morgan fingerprint density at radius 3 is 2.83 bits per heavy atom. The Bertz CT molecular complexity index is 594. The van der Waals surface area contributed by atoms with E-state index in [-0.39, 0.29) is 17.6 Å². The molecule has 6 nitrogen and oxygen atoms in total. The fourth-order valence-electron chi connectivity index (χ4n) is 3.73. The van der Waals surface area contributed by atoms with E-state index in [0.717, 1.165) is 30.0 Å². The number of carbonyl (C=O) groups is 1. The number of likely N-dealkylation sites (N-methyl/N-ethyl adjacent to an activating group) is 1. The lowest BCUT2D eigenvalue weighted by atomic mass is 9.77. The Kier molecular flexibility index (Phi) is 4.97. The number of piperidine rings is 1. The number of likely N-dealkylation sites (tertiary alicyclic amines) is 1. The van der Waals surface area contributed by atoms with E-state index >= 15 is 0 Å². The number of thiazole rings is 1. The molecule has 0 radical (unpaired) electrons. The highest BCUT2D eigenvalue weighted by atomic mass is 32.1. The third-order valence-electron chi connectivity index (χ3n) is 5.37. The molecule has 2 N–H and O–H groups in total. The Labute approximate surface area is 147 Å². The maximum Gasteiger partial charge on any atom is 0.228 e. The fraction of sp³-hybridized carbons (Fsp3) is 0.765. The van der Waals surface area contributed by atoms with E-state index in [1.165, 1.54) is 0 Å². The van der Waals surface area contributed by atoms with Crippen molar-refractivity contribution < 1.29 is 14.6 Å². The number of nitrogens with zero attached hydrogens (tertiary/aromatic N) is 2. The Morgan fingerprint density at radius 1 is 1.54 bits per heavy atom. The Balaban J connectivity index is 1.56. The summed E-state index contributed by atoms with van der Waals surface area (Å²) < 4.78 is 6.06. The topological polar surface area (TPSA) is 74.7 Å². The van der Waals surface area contributed by atoms with Gasteiger partial charge in [-0.15, -0.1) is 11.3 Å². The zero-order valence-corrected chi connectivity index (χ0v) is 15.5. The van der Waals surface area contributed by atoms with Crippen LogP contribution in [0.25, 0.3) is 0 Å². The molecule has 0 unspecified atom stereocenters. The van der Waals surface area contributed by atoms with Gasteiger partial charge in [0.1, 0.15) is 5.60 Å². The van der Waals surface area contributed by atoms with Crippen molar-refractivity contribution in [2.24, 2.45) is 0 Å². The highest BCUT2D eigenvalue weighted by Gasteiger charge is 2.48. The number of nitrogens with one attached hydrogen (secondary N) is 1. The third-order valence-corrected chi connectivity index (χ3v) is 6.19. The standard InChI is InChI=1S/C17H27N3O3S/c1-12-19-13(10-24-12)8-15(21)20-6-4-17(5-7-20)9-14(18-3)16(2,22)11-23-17/h10,14,18,22H,4-9,11H2,1-3H3/t14-,16-/m0/s1. The lowest BCUT2D eigenvalue weighted by molar-refractivity contribution is -0.192. The average Bonchev–Trinajstić information content (AvgIpc) is 2.95. The van der Waals surface area contributed by atoms with Crippen LogP contribution in [0.3, 0.4) is 0 Å². The molecule has 1 aromatic rings. The SMILES string of the molecule is CN[C@H]1CC2(CCN(C(=O)Cc3csc(C)n3)CC2)OC[C@]1(C)O. The van der Waals surface area contributed by atoms with Gasteiger partial charge in [0.15, 0.2) is 0 Å². The van der Waals surface area contributed by atoms with E-state index in [1.54, 1.807) is 11.3 Å². The van der Waals surface area contributed by atoms with Gasteiger partial charge in [0.2, 0.25) is 5.91 Å². The van der Waals surface area contributed by atoms with Gasteiger partial charge in [-0.2, -0.15) is 0 Å². The minimum atomic E-state index is -0.838. The number of rotatable bonds is 3. The van der Waals surface area contributed by atoms with Crippen LogP contribution in [0.1, 0.15) is 36.9 Å². The number of aliphatic hydroxyl groups is 1. The number of hydrogen-bond donors (Lipinski definition) is 2. The van der Waals surface area contributed by atoms with Crippen LogP contribution in [0, 0.1) is 6.92 Å². The quantitative estimate of drug-likeness (QED) is 0.852. The summed E-state index contributed by atoms with van der Waals surface area (Å²) in [6.07, 6.45) is 2.81. The van der Waals surface area contributed by atoms with Crippen LogP contribution in [0.5, 0.6) is 0 Å². The highest BCUT2D eigenvalue weighted by molar-refractivity contribution is 7.09. The van der Waals surface area contributed by atoms with Crippen LogP contribution in [-0.4, -0.2) is 64.9 Å². The van der Waals surface area contributed by atoms with E-state index in [9.17, 15) is 9.90 Å². The lowest BCUT2D eigenvalue weighted by Gasteiger charge is -2.50. The van der Waals surface area contributed by atoms with Crippen LogP contribution in [-0.2, 0) is 16.0 Å². The molecule has 7 heteroatoms. The summed E-state index contributed by atoms with van der Waals surface area (Å²) in [7, 11) is 1.88. The first kappa shape index (κ1) is 17.8. The number of amides is 1. The molecule has 1 amide bonds. The summed E-state index contributed by atoms with van der Waals surface area (Å²) in [6, 6.07) is 0.0199. The van der Waals surface area contributed by atoms with E-state index < -0.39 is 5.60 Å². The molecule has 2 saturated heterocycles. The van der Waals surface area contributed by atoms with E-state index in [4.69, 9.17) is 4.74 Å². The van der Waals surface area contributed by atoms with Crippen LogP contribution < -0.4 is 5.32 Å². The fourth-order valence-corrected chi connectivity index (χ4v) is 4.34. The molecule has 3 rings (SSSR count). The van der Waals surface area contributed by atoms with Gasteiger partial charge < -0.3 is 20.1 Å². The van der Waals surface area contributed by atoms with Crippen molar-refractivity contribution in [2.45, 2.75) is 56.8 Å². The minimum absolute atomic E-state index is 0.0199. The van der Waals surface area contributed by atoms with Crippen molar-refractivity contribution in [2.75, 3.05) is 26.7 Å². The molecule has 1 aromatic heterocycles. The first-order valence-corrected chi connectivity index (χ1v) is 9.44. The molecular formula is C17H27N3O3S. The zero-order valence-electron chi connectivity index (χ0n) is 14.7. The van der Waals surface area contributed by atoms with Crippen molar-refractivity contribution in [3.8, 4) is 0 Å². The largest absolute Gasteiger partial charge is 0.386 e. The highest BCUT2D eigenvalue weighted by Crippen LogP contribution is 2.38. The monoisotopic (exact) mass is 353 g/mol. The minimum Gasteiger partial charge on any atom is -0.386 e. The summed E-state index contributed by atoms with van der Waals surface area (Å²) >= 11 is 1.58. The number of aryl methyl sites for hydroxylation is 1. The maximum atomic E-state index is 12.5. The molecule has 0 aliphatic carbocycles. The summed E-state index contributed by atoms with van der Waals surface area (Å²) in [4.78, 5) is 18.8. The van der Waals surface area contributed by atoms with Gasteiger partial charge in [0.25, 0.3) is 0 Å². The second-order valence-corrected chi connectivity index (χ2v) is 8.35. The first-order valence-electron chi connectivity index (χ1n) is 8.56. The zero-order chi connectivity index (χ0) is 17.4. The molecule has 24 heavy (non-hydrogen) atoms. The molecule has 2 aliphatic heterocycles. The Hall–Kier alpha value is -1.02. The number of carbonyl (C=O) groups excluding carboxylic acids is 1. The summed E-state index contributed by atoms with van der Waals surface area (Å²) in [6.45, 7) is 5.53. The molecule has 2 fully saturated rings. The van der Waals surface area contributed by atoms with Gasteiger partial charge in [-0.1, -0.05) is 0 Å². The molecule has 1 spiro atoms. The normalized spacial score (nSPS) is 29.8. The molecule has 0 aromatic carbocycles. The second kappa shape index (κ2) is 6.71. The smallest absolute Gasteiger partial charge is 0.228 e. The van der Waals surface area contributed by atoms with Crippen molar-refractivity contribution in [1.29, 1.82) is 0 Å². The maximum absolute atomic E-state index is 12.5. The predicted octanol–water partition coefficient (Wildman–Crippen LogP) is 1.11. The van der Waals surface area contributed by atoms with Crippen LogP contribution >= 0.6 is 11.3 Å². The van der Waals surface area contributed by atoms with Gasteiger partial charge in [0, 0.05) is 24.5 Å². The molecule has 0 saturated carbocycles. The van der Waals surface area contributed by atoms with Gasteiger partial charge >= 0.3 is 0 Å². The van der Waals surface area contributed by atoms with Gasteiger partial charge in [-0.3, -0.25) is 4.79 Å². The van der Waals surface area contributed by atoms with Gasteiger partial charge in [0.05, 0.1) is 29.3 Å². The van der Waals surface area contributed by atoms with Crippen LogP contribution in [0.15, 0.2) is 5.38 Å². The van der Waals surface area contributed by atoms with Crippen molar-refractivity contribution in [3.05, 3.63) is 16.1 Å².